The van der Waals surface area contributed by atoms with Gasteiger partial charge in [0, 0.05) is 12.6 Å². The number of aryl methyl sites for hydroxylation is 2. The van der Waals surface area contributed by atoms with E-state index in [1.807, 2.05) is 36.9 Å². The summed E-state index contributed by atoms with van der Waals surface area (Å²) in [5.41, 5.74) is 2.03. The maximum absolute atomic E-state index is 13.0. The van der Waals surface area contributed by atoms with Crippen molar-refractivity contribution in [2.24, 2.45) is 5.92 Å². The van der Waals surface area contributed by atoms with E-state index >= 15 is 0 Å². The summed E-state index contributed by atoms with van der Waals surface area (Å²) in [5, 5.41) is 9.62. The van der Waals surface area contributed by atoms with Crippen LogP contribution < -0.4 is 0 Å². The van der Waals surface area contributed by atoms with E-state index < -0.39 is 0 Å². The van der Waals surface area contributed by atoms with Crippen molar-refractivity contribution >= 4 is 29.0 Å². The Kier molecular flexibility index (Phi) is 6.01. The maximum atomic E-state index is 13.0. The molecule has 1 aliphatic carbocycles. The first-order chi connectivity index (χ1) is 14.0. The fourth-order valence-corrected chi connectivity index (χ4v) is 4.86. The molecule has 0 unspecified atom stereocenters. The van der Waals surface area contributed by atoms with E-state index in [-0.39, 0.29) is 17.7 Å². The number of nitrogens with zero attached hydrogens (tertiary/aromatic N) is 4. The average molecular weight is 429 g/mol. The first-order valence-corrected chi connectivity index (χ1v) is 11.6. The summed E-state index contributed by atoms with van der Waals surface area (Å²) >= 11 is 2.83. The fourth-order valence-electron chi connectivity index (χ4n) is 3.37. The number of rotatable bonds is 8. The predicted molar refractivity (Wildman–Crippen MR) is 115 cm³/mol. The van der Waals surface area contributed by atoms with Crippen molar-refractivity contribution in [3.63, 3.8) is 0 Å². The van der Waals surface area contributed by atoms with Crippen molar-refractivity contribution in [3.05, 3.63) is 46.6 Å². The summed E-state index contributed by atoms with van der Waals surface area (Å²) in [5.74, 6) is 1.46. The van der Waals surface area contributed by atoms with Crippen LogP contribution in [-0.2, 0) is 11.3 Å². The van der Waals surface area contributed by atoms with Crippen LogP contribution in [0.3, 0.4) is 0 Å². The molecular weight excluding hydrogens is 404 g/mol. The highest BCUT2D eigenvalue weighted by Gasteiger charge is 2.34. The molecule has 2 heterocycles. The Morgan fingerprint density at radius 2 is 2.03 bits per heavy atom. The van der Waals surface area contributed by atoms with Crippen LogP contribution in [0.1, 0.15) is 36.0 Å². The van der Waals surface area contributed by atoms with Crippen LogP contribution in [0.2, 0.25) is 0 Å². The van der Waals surface area contributed by atoms with E-state index in [0.29, 0.717) is 23.6 Å². The van der Waals surface area contributed by atoms with Crippen LogP contribution in [0.5, 0.6) is 0 Å². The first-order valence-electron chi connectivity index (χ1n) is 9.75. The Hall–Kier alpha value is -2.19. The van der Waals surface area contributed by atoms with E-state index in [1.54, 1.807) is 0 Å². The molecule has 4 rings (SSSR count). The second kappa shape index (κ2) is 8.67. The lowest BCUT2D eigenvalue weighted by molar-refractivity contribution is -0.131. The molecule has 0 N–H and O–H groups in total. The third kappa shape index (κ3) is 4.87. The third-order valence-electron chi connectivity index (χ3n) is 5.14. The lowest BCUT2D eigenvalue weighted by atomic mass is 10.1. The predicted octanol–water partition coefficient (Wildman–Crippen LogP) is 4.73. The van der Waals surface area contributed by atoms with Crippen molar-refractivity contribution in [1.82, 2.24) is 20.1 Å². The van der Waals surface area contributed by atoms with Crippen molar-refractivity contribution in [1.29, 1.82) is 0 Å². The van der Waals surface area contributed by atoms with Gasteiger partial charge in [0.1, 0.15) is 4.88 Å². The second-order valence-corrected chi connectivity index (χ2v) is 9.52. The van der Waals surface area contributed by atoms with Crippen LogP contribution in [0.4, 0.5) is 0 Å². The van der Waals surface area contributed by atoms with Crippen LogP contribution in [0, 0.1) is 19.8 Å². The molecule has 1 amide bonds. The minimum atomic E-state index is 0.0998. The van der Waals surface area contributed by atoms with Gasteiger partial charge >= 0.3 is 0 Å². The molecule has 1 aliphatic rings. The Balaban J connectivity index is 1.42. The summed E-state index contributed by atoms with van der Waals surface area (Å²) in [6.45, 7) is 6.67. The van der Waals surface area contributed by atoms with Gasteiger partial charge in [-0.3, -0.25) is 4.79 Å². The maximum Gasteiger partial charge on any atom is 0.277 e. The Labute approximate surface area is 178 Å². The lowest BCUT2D eigenvalue weighted by Crippen LogP contribution is -2.40. The molecule has 29 heavy (non-hydrogen) atoms. The van der Waals surface area contributed by atoms with Crippen LogP contribution in [0.25, 0.3) is 10.8 Å². The lowest BCUT2D eigenvalue weighted by Gasteiger charge is -2.29. The van der Waals surface area contributed by atoms with Crippen molar-refractivity contribution < 1.29 is 9.21 Å². The highest BCUT2D eigenvalue weighted by atomic mass is 32.2. The van der Waals surface area contributed by atoms with Gasteiger partial charge < -0.3 is 9.32 Å². The molecular formula is C21H24N4O2S2. The first kappa shape index (κ1) is 20.1. The topological polar surface area (TPSA) is 72.1 Å². The fraction of sp³-hybridized carbons (Fsp3) is 0.429. The Bertz CT molecular complexity index is 982. The normalized spacial score (nSPS) is 14.7. The highest BCUT2D eigenvalue weighted by molar-refractivity contribution is 7.99. The molecule has 0 saturated heterocycles. The standard InChI is InChI=1S/C21H24N4O2S2/c1-13-19(29-15(3)22-13)20-23-24-21(27-20)28-12-18(26)25(14(2)17-9-10-17)11-16-7-5-4-6-8-16/h4-8,14,17H,9-12H2,1-3H3/t14-/m1/s1. The molecule has 6 nitrogen and oxygen atoms in total. The zero-order chi connectivity index (χ0) is 20.4. The van der Waals surface area contributed by atoms with E-state index in [1.165, 1.54) is 35.9 Å². The quantitative estimate of drug-likeness (QED) is 0.483. The molecule has 0 radical (unpaired) electrons. The number of thiazole rings is 1. The van der Waals surface area contributed by atoms with Gasteiger partial charge in [-0.25, -0.2) is 4.98 Å². The minimum Gasteiger partial charge on any atom is -0.410 e. The Morgan fingerprint density at radius 1 is 1.28 bits per heavy atom. The molecule has 1 atom stereocenters. The van der Waals surface area contributed by atoms with E-state index in [2.05, 4.69) is 34.2 Å². The van der Waals surface area contributed by atoms with Gasteiger partial charge in [0.2, 0.25) is 5.91 Å². The largest absolute Gasteiger partial charge is 0.410 e. The van der Waals surface area contributed by atoms with Crippen molar-refractivity contribution in [2.45, 2.75) is 51.4 Å². The smallest absolute Gasteiger partial charge is 0.277 e. The van der Waals surface area contributed by atoms with E-state index in [9.17, 15) is 4.79 Å². The van der Waals surface area contributed by atoms with Gasteiger partial charge in [0.05, 0.1) is 16.5 Å². The second-order valence-electron chi connectivity index (χ2n) is 7.39. The Morgan fingerprint density at radius 3 is 2.69 bits per heavy atom. The van der Waals surface area contributed by atoms with Crippen molar-refractivity contribution in [2.75, 3.05) is 5.75 Å². The van der Waals surface area contributed by atoms with Gasteiger partial charge in [-0.2, -0.15) is 0 Å². The van der Waals surface area contributed by atoms with Gasteiger partial charge in [-0.15, -0.1) is 21.5 Å². The molecule has 8 heteroatoms. The number of hydrogen-bond donors (Lipinski definition) is 0. The average Bonchev–Trinajstić information content (AvgIpc) is 3.37. The molecule has 0 aliphatic heterocycles. The number of aromatic nitrogens is 3. The zero-order valence-electron chi connectivity index (χ0n) is 16.8. The zero-order valence-corrected chi connectivity index (χ0v) is 18.4. The number of hydrogen-bond acceptors (Lipinski definition) is 7. The molecule has 2 aromatic heterocycles. The van der Waals surface area contributed by atoms with Crippen LogP contribution >= 0.6 is 23.1 Å². The van der Waals surface area contributed by atoms with E-state index in [0.717, 1.165) is 21.1 Å². The third-order valence-corrected chi connectivity index (χ3v) is 7.00. The number of thioether (sulfide) groups is 1. The molecule has 1 saturated carbocycles. The highest BCUT2D eigenvalue weighted by Crippen LogP contribution is 2.36. The number of amides is 1. The van der Waals surface area contributed by atoms with Crippen LogP contribution in [-0.4, -0.2) is 37.8 Å². The summed E-state index contributed by atoms with van der Waals surface area (Å²) in [4.78, 5) is 20.3. The number of benzene rings is 1. The summed E-state index contributed by atoms with van der Waals surface area (Å²) in [7, 11) is 0. The summed E-state index contributed by atoms with van der Waals surface area (Å²) in [6, 6.07) is 10.4. The SMILES string of the molecule is Cc1nc(C)c(-c2nnc(SCC(=O)N(Cc3ccccc3)[C@H](C)C3CC3)o2)s1. The number of carbonyl (C=O) groups is 1. The summed E-state index contributed by atoms with van der Waals surface area (Å²) < 4.78 is 5.77. The van der Waals surface area contributed by atoms with Gasteiger partial charge in [-0.1, -0.05) is 42.1 Å². The van der Waals surface area contributed by atoms with Gasteiger partial charge in [0.15, 0.2) is 0 Å². The molecule has 3 aromatic rings. The van der Waals surface area contributed by atoms with Gasteiger partial charge in [0.25, 0.3) is 11.1 Å². The monoisotopic (exact) mass is 428 g/mol. The molecule has 1 fully saturated rings. The molecule has 152 valence electrons. The molecule has 1 aromatic carbocycles. The van der Waals surface area contributed by atoms with Crippen LogP contribution in [0.15, 0.2) is 40.0 Å². The van der Waals surface area contributed by atoms with Gasteiger partial charge in [-0.05, 0) is 45.1 Å². The molecule has 0 bridgehead atoms. The number of carbonyl (C=O) groups excluding carboxylic acids is 1. The van der Waals surface area contributed by atoms with E-state index in [4.69, 9.17) is 4.42 Å². The summed E-state index contributed by atoms with van der Waals surface area (Å²) in [6.07, 6.45) is 2.40. The minimum absolute atomic E-state index is 0.0998. The van der Waals surface area contributed by atoms with Crippen molar-refractivity contribution in [3.8, 4) is 10.8 Å². The molecule has 0 spiro atoms.